The molecule has 4 heteroatoms. The molecule has 4 nitrogen and oxygen atoms in total. The first-order chi connectivity index (χ1) is 9.13. The third kappa shape index (κ3) is 3.45. The first-order valence-electron chi connectivity index (χ1n) is 7.12. The maximum Gasteiger partial charge on any atom is 0.131 e. The van der Waals surface area contributed by atoms with Crippen molar-refractivity contribution < 1.29 is 4.74 Å². The van der Waals surface area contributed by atoms with E-state index in [0.29, 0.717) is 6.10 Å². The molecule has 0 aliphatic carbocycles. The molecule has 2 atom stereocenters. The number of rotatable bonds is 5. The number of anilines is 1. The normalized spacial score (nSPS) is 20.8. The van der Waals surface area contributed by atoms with Crippen molar-refractivity contribution in [1.29, 1.82) is 0 Å². The van der Waals surface area contributed by atoms with E-state index in [0.717, 1.165) is 38.2 Å². The second-order valence-corrected chi connectivity index (χ2v) is 5.45. The van der Waals surface area contributed by atoms with Crippen molar-refractivity contribution in [2.24, 2.45) is 5.73 Å². The van der Waals surface area contributed by atoms with Gasteiger partial charge in [-0.1, -0.05) is 13.0 Å². The minimum Gasteiger partial charge on any atom is -0.380 e. The van der Waals surface area contributed by atoms with Crippen LogP contribution in [0.2, 0.25) is 0 Å². The average molecular weight is 263 g/mol. The summed E-state index contributed by atoms with van der Waals surface area (Å²) in [6.07, 6.45) is 5.31. The summed E-state index contributed by atoms with van der Waals surface area (Å²) in [5.74, 6) is 1.09. The van der Waals surface area contributed by atoms with E-state index in [9.17, 15) is 0 Å². The number of nitrogens with zero attached hydrogens (tertiary/aromatic N) is 2. The largest absolute Gasteiger partial charge is 0.380 e. The number of aromatic nitrogens is 1. The standard InChI is InChI=1S/C15H25N3O/c1-4-13(16)8-12-7-11(2)15(17-9-12)18-6-5-14(10-18)19-3/h7,9,13-14H,4-6,8,10,16H2,1-3H3. The third-order valence-electron chi connectivity index (χ3n) is 3.91. The van der Waals surface area contributed by atoms with E-state index >= 15 is 0 Å². The molecule has 2 unspecified atom stereocenters. The lowest BCUT2D eigenvalue weighted by atomic mass is 10.0. The van der Waals surface area contributed by atoms with Gasteiger partial charge in [-0.3, -0.25) is 0 Å². The lowest BCUT2D eigenvalue weighted by Gasteiger charge is -2.20. The van der Waals surface area contributed by atoms with Crippen molar-refractivity contribution in [1.82, 2.24) is 4.98 Å². The minimum atomic E-state index is 0.233. The van der Waals surface area contributed by atoms with Crippen molar-refractivity contribution >= 4 is 5.82 Å². The van der Waals surface area contributed by atoms with Crippen LogP contribution in [0.3, 0.4) is 0 Å². The predicted octanol–water partition coefficient (Wildman–Crippen LogP) is 1.89. The first kappa shape index (κ1) is 14.3. The Labute approximate surface area is 116 Å². The molecule has 2 heterocycles. The van der Waals surface area contributed by atoms with Crippen molar-refractivity contribution in [3.8, 4) is 0 Å². The zero-order valence-corrected chi connectivity index (χ0v) is 12.2. The van der Waals surface area contributed by atoms with E-state index in [1.165, 1.54) is 11.1 Å². The zero-order chi connectivity index (χ0) is 13.8. The van der Waals surface area contributed by atoms with E-state index < -0.39 is 0 Å². The molecule has 0 saturated carbocycles. The van der Waals surface area contributed by atoms with Crippen molar-refractivity contribution in [2.45, 2.75) is 45.3 Å². The van der Waals surface area contributed by atoms with E-state index in [2.05, 4.69) is 29.8 Å². The van der Waals surface area contributed by atoms with Crippen molar-refractivity contribution in [3.05, 3.63) is 23.4 Å². The van der Waals surface area contributed by atoms with Crippen LogP contribution in [0.15, 0.2) is 12.3 Å². The fourth-order valence-electron chi connectivity index (χ4n) is 2.63. The number of aryl methyl sites for hydroxylation is 1. The average Bonchev–Trinajstić information content (AvgIpc) is 2.87. The van der Waals surface area contributed by atoms with Crippen molar-refractivity contribution in [2.75, 3.05) is 25.1 Å². The highest BCUT2D eigenvalue weighted by Gasteiger charge is 2.24. The molecule has 0 amide bonds. The molecule has 1 aliphatic heterocycles. The summed E-state index contributed by atoms with van der Waals surface area (Å²) < 4.78 is 5.41. The molecular formula is C15H25N3O. The monoisotopic (exact) mass is 263 g/mol. The number of hydrogen-bond acceptors (Lipinski definition) is 4. The van der Waals surface area contributed by atoms with Crippen LogP contribution in [0.1, 0.15) is 30.9 Å². The molecule has 0 aromatic carbocycles. The van der Waals surface area contributed by atoms with Gasteiger partial charge in [0.2, 0.25) is 0 Å². The fraction of sp³-hybridized carbons (Fsp3) is 0.667. The summed E-state index contributed by atoms with van der Waals surface area (Å²) in [5.41, 5.74) is 8.46. The van der Waals surface area contributed by atoms with Gasteiger partial charge in [0.05, 0.1) is 6.10 Å². The van der Waals surface area contributed by atoms with Crippen LogP contribution >= 0.6 is 0 Å². The van der Waals surface area contributed by atoms with E-state index in [1.807, 2.05) is 6.20 Å². The van der Waals surface area contributed by atoms with Gasteiger partial charge in [0, 0.05) is 32.4 Å². The Morgan fingerprint density at radius 1 is 1.58 bits per heavy atom. The second kappa shape index (κ2) is 6.35. The summed E-state index contributed by atoms with van der Waals surface area (Å²) in [4.78, 5) is 6.94. The molecule has 1 saturated heterocycles. The van der Waals surface area contributed by atoms with Crippen molar-refractivity contribution in [3.63, 3.8) is 0 Å². The van der Waals surface area contributed by atoms with Crippen LogP contribution < -0.4 is 10.6 Å². The summed E-state index contributed by atoms with van der Waals surface area (Å²) in [6.45, 7) is 6.22. The molecule has 106 valence electrons. The number of hydrogen-bond donors (Lipinski definition) is 1. The number of pyridine rings is 1. The molecular weight excluding hydrogens is 238 g/mol. The van der Waals surface area contributed by atoms with E-state index in [-0.39, 0.29) is 6.04 Å². The molecule has 0 radical (unpaired) electrons. The predicted molar refractivity (Wildman–Crippen MR) is 78.6 cm³/mol. The number of methoxy groups -OCH3 is 1. The summed E-state index contributed by atoms with van der Waals surface area (Å²) in [5, 5.41) is 0. The maximum atomic E-state index is 6.00. The molecule has 1 fully saturated rings. The number of nitrogens with two attached hydrogens (primary N) is 1. The van der Waals surface area contributed by atoms with Gasteiger partial charge in [0.1, 0.15) is 5.82 Å². The molecule has 19 heavy (non-hydrogen) atoms. The van der Waals surface area contributed by atoms with E-state index in [4.69, 9.17) is 10.5 Å². The highest BCUT2D eigenvalue weighted by molar-refractivity contribution is 5.48. The first-order valence-corrected chi connectivity index (χ1v) is 7.12. The Morgan fingerprint density at radius 3 is 2.95 bits per heavy atom. The van der Waals surface area contributed by atoms with Gasteiger partial charge in [-0.2, -0.15) is 0 Å². The molecule has 2 N–H and O–H groups in total. The Bertz CT molecular complexity index is 422. The van der Waals surface area contributed by atoms with Gasteiger partial charge >= 0.3 is 0 Å². The SMILES string of the molecule is CCC(N)Cc1cnc(N2CCC(OC)C2)c(C)c1. The van der Waals surface area contributed by atoms with Crippen LogP contribution in [0.4, 0.5) is 5.82 Å². The highest BCUT2D eigenvalue weighted by Crippen LogP contribution is 2.23. The van der Waals surface area contributed by atoms with E-state index in [1.54, 1.807) is 7.11 Å². The molecule has 1 aromatic heterocycles. The third-order valence-corrected chi connectivity index (χ3v) is 3.91. The van der Waals surface area contributed by atoms with Crippen LogP contribution in [0.5, 0.6) is 0 Å². The smallest absolute Gasteiger partial charge is 0.131 e. The van der Waals surface area contributed by atoms with Crippen LogP contribution in [-0.4, -0.2) is 37.3 Å². The lowest BCUT2D eigenvalue weighted by Crippen LogP contribution is -2.24. The fourth-order valence-corrected chi connectivity index (χ4v) is 2.63. The summed E-state index contributed by atoms with van der Waals surface area (Å²) >= 11 is 0. The van der Waals surface area contributed by atoms with Crippen LogP contribution in [-0.2, 0) is 11.2 Å². The molecule has 0 spiro atoms. The summed E-state index contributed by atoms with van der Waals surface area (Å²) in [6, 6.07) is 2.45. The molecule has 1 aromatic rings. The zero-order valence-electron chi connectivity index (χ0n) is 12.2. The van der Waals surface area contributed by atoms with Gasteiger partial charge in [0.15, 0.2) is 0 Å². The Kier molecular flexibility index (Phi) is 4.77. The Balaban J connectivity index is 2.07. The molecule has 0 bridgehead atoms. The quantitative estimate of drug-likeness (QED) is 0.881. The van der Waals surface area contributed by atoms with Gasteiger partial charge in [-0.25, -0.2) is 4.98 Å². The van der Waals surface area contributed by atoms with Gasteiger partial charge in [-0.05, 0) is 37.3 Å². The van der Waals surface area contributed by atoms with Gasteiger partial charge < -0.3 is 15.4 Å². The summed E-state index contributed by atoms with van der Waals surface area (Å²) in [7, 11) is 1.78. The molecule has 2 rings (SSSR count). The highest BCUT2D eigenvalue weighted by atomic mass is 16.5. The minimum absolute atomic E-state index is 0.233. The topological polar surface area (TPSA) is 51.4 Å². The van der Waals surface area contributed by atoms with Gasteiger partial charge in [0.25, 0.3) is 0 Å². The Hall–Kier alpha value is -1.13. The Morgan fingerprint density at radius 2 is 2.37 bits per heavy atom. The lowest BCUT2D eigenvalue weighted by molar-refractivity contribution is 0.121. The maximum absolute atomic E-state index is 6.00. The van der Waals surface area contributed by atoms with Crippen LogP contribution in [0.25, 0.3) is 0 Å². The van der Waals surface area contributed by atoms with Gasteiger partial charge in [-0.15, -0.1) is 0 Å². The molecule has 1 aliphatic rings. The second-order valence-electron chi connectivity index (χ2n) is 5.45. The number of ether oxygens (including phenoxy) is 1. The van der Waals surface area contributed by atoms with Crippen LogP contribution in [0, 0.1) is 6.92 Å².